The molecule has 8 fully saturated rings. The summed E-state index contributed by atoms with van der Waals surface area (Å²) < 4.78 is 7.04. The van der Waals surface area contributed by atoms with Crippen molar-refractivity contribution in [2.45, 2.75) is 218 Å². The molecular formula is C70H99N3O7. The van der Waals surface area contributed by atoms with Crippen LogP contribution < -0.4 is 16.4 Å². The number of phenolic OH excluding ortho intramolecular Hbond substituents is 1. The molecule has 0 amide bonds. The van der Waals surface area contributed by atoms with Gasteiger partial charge in [-0.2, -0.15) is 0 Å². The fourth-order valence-corrected chi connectivity index (χ4v) is 23.3. The van der Waals surface area contributed by atoms with Crippen molar-refractivity contribution in [3.63, 3.8) is 0 Å². The second kappa shape index (κ2) is 20.1. The van der Waals surface area contributed by atoms with Crippen LogP contribution in [0.15, 0.2) is 59.7 Å². The number of carbonyl (C=O) groups is 2. The van der Waals surface area contributed by atoms with Crippen molar-refractivity contribution in [2.24, 2.45) is 86.8 Å². The molecule has 14 rings (SSSR count). The van der Waals surface area contributed by atoms with Crippen LogP contribution in [0.5, 0.6) is 5.75 Å². The molecule has 8 N–H and O–H groups in total. The van der Waals surface area contributed by atoms with Crippen molar-refractivity contribution in [1.82, 2.24) is 10.6 Å². The predicted molar refractivity (Wildman–Crippen MR) is 314 cm³/mol. The Balaban J connectivity index is 0.940. The number of hydrogen-bond acceptors (Lipinski definition) is 10. The zero-order valence-corrected chi connectivity index (χ0v) is 49.7. The quantitative estimate of drug-likeness (QED) is 0.0688. The number of aliphatic hydroxyl groups excluding tert-OH is 2. The Morgan fingerprint density at radius 1 is 0.863 bits per heavy atom. The Hall–Kier alpha value is -3.38. The van der Waals surface area contributed by atoms with E-state index in [1.807, 2.05) is 26.1 Å². The molecule has 2 aromatic rings. The number of phenols is 1. The van der Waals surface area contributed by atoms with Gasteiger partial charge in [-0.1, -0.05) is 96.1 Å². The van der Waals surface area contributed by atoms with Gasteiger partial charge in [0.25, 0.3) is 0 Å². The zero-order chi connectivity index (χ0) is 56.1. The molecule has 2 heterocycles. The van der Waals surface area contributed by atoms with E-state index in [4.69, 9.17) is 10.5 Å². The number of ether oxygens (including phenoxy) is 1. The lowest BCUT2D eigenvalue weighted by Crippen LogP contribution is -2.74. The Kier molecular flexibility index (Phi) is 14.0. The summed E-state index contributed by atoms with van der Waals surface area (Å²) in [5.74, 6) is 2.20. The first-order valence-electron chi connectivity index (χ1n) is 32.5. The molecule has 2 saturated heterocycles. The summed E-state index contributed by atoms with van der Waals surface area (Å²) in [4.78, 5) is 32.5. The molecule has 0 radical (unpaired) electrons. The second-order valence-electron chi connectivity index (χ2n) is 30.5. The van der Waals surface area contributed by atoms with Crippen molar-refractivity contribution < 1.29 is 34.8 Å². The maximum Gasteiger partial charge on any atom is 0.160 e. The lowest BCUT2D eigenvalue weighted by Gasteiger charge is -2.74. The number of allylic oxidation sites excluding steroid dienone is 4. The number of nitrogen functional groups attached to an aromatic ring is 1. The summed E-state index contributed by atoms with van der Waals surface area (Å²) in [7, 11) is 1.92. The van der Waals surface area contributed by atoms with Crippen LogP contribution in [0.25, 0.3) is 0 Å². The van der Waals surface area contributed by atoms with Gasteiger partial charge in [0, 0.05) is 48.7 Å². The number of aromatic hydroxyl groups is 1. The number of nitrogens with one attached hydrogen (secondary N) is 2. The van der Waals surface area contributed by atoms with E-state index in [9.17, 15) is 20.4 Å². The van der Waals surface area contributed by atoms with Gasteiger partial charge in [0.15, 0.2) is 5.78 Å². The molecule has 10 aliphatic carbocycles. The molecule has 21 atom stereocenters. The number of rotatable bonds is 10. The van der Waals surface area contributed by atoms with Gasteiger partial charge in [-0.15, -0.1) is 0 Å². The highest BCUT2D eigenvalue weighted by Crippen LogP contribution is 2.80. The van der Waals surface area contributed by atoms with Crippen LogP contribution in [0.3, 0.4) is 0 Å². The van der Waals surface area contributed by atoms with Crippen LogP contribution in [-0.4, -0.2) is 81.6 Å². The molecule has 10 heteroatoms. The Labute approximate surface area is 478 Å². The van der Waals surface area contributed by atoms with Crippen molar-refractivity contribution in [3.05, 3.63) is 82.0 Å². The highest BCUT2D eigenvalue weighted by molar-refractivity contribution is 6.01. The predicted octanol–water partition coefficient (Wildman–Crippen LogP) is 11.7. The van der Waals surface area contributed by atoms with Crippen molar-refractivity contribution in [1.29, 1.82) is 0 Å². The normalized spacial score (nSPS) is 46.1. The lowest BCUT2D eigenvalue weighted by atomic mass is 9.29. The molecule has 2 aromatic carbocycles. The fraction of sp³-hybridized carbons (Fsp3) is 0.743. The third-order valence-electron chi connectivity index (χ3n) is 26.0. The first kappa shape index (κ1) is 55.8. The van der Waals surface area contributed by atoms with Gasteiger partial charge >= 0.3 is 0 Å². The molecular weight excluding hydrogens is 995 g/mol. The SMILES string of the molecule is CNCc1cc(O)cc(C2C(=O)C34CC=CC2C2(C)C3C(CC35C(CO)CCC6CCCC7CCC(C(O)C8OC8(C)C8CCCC8c8cc(N)cc(CC(C)C)c8)C(C8=C(CCC23)C5(C)CC8=O)C76)NCC(C)(O)CCCC4)c1. The van der Waals surface area contributed by atoms with E-state index in [0.717, 1.165) is 119 Å². The molecule has 436 valence electrons. The Morgan fingerprint density at radius 3 is 2.38 bits per heavy atom. The minimum Gasteiger partial charge on any atom is -0.508 e. The number of carbonyl (C=O) groups excluding carboxylic acids is 2. The average Bonchev–Trinajstić information content (AvgIpc) is 4.03. The van der Waals surface area contributed by atoms with Crippen molar-refractivity contribution in [2.75, 3.05) is 25.9 Å². The van der Waals surface area contributed by atoms with Crippen LogP contribution >= 0.6 is 0 Å². The molecule has 2 spiro atoms. The minimum absolute atomic E-state index is 0.0436. The van der Waals surface area contributed by atoms with Crippen LogP contribution in [0.4, 0.5) is 5.69 Å². The van der Waals surface area contributed by atoms with E-state index < -0.39 is 44.9 Å². The summed E-state index contributed by atoms with van der Waals surface area (Å²) in [5.41, 5.74) is 10.7. The summed E-state index contributed by atoms with van der Waals surface area (Å²) in [6.45, 7) is 14.8. The first-order chi connectivity index (χ1) is 38.2. The number of β-amino-alcohol motifs (C(OH)–C–C–N with tert-alkyl or cyclic N) is 1. The van der Waals surface area contributed by atoms with E-state index >= 15 is 9.59 Å². The maximum absolute atomic E-state index is 16.3. The number of epoxide rings is 1. The lowest BCUT2D eigenvalue weighted by molar-refractivity contribution is -0.237. The highest BCUT2D eigenvalue weighted by Gasteiger charge is 2.78. The molecule has 12 aliphatic rings. The summed E-state index contributed by atoms with van der Waals surface area (Å²) >= 11 is 0. The number of ketones is 2. The molecule has 6 saturated carbocycles. The fourth-order valence-electron chi connectivity index (χ4n) is 23.3. The molecule has 6 bridgehead atoms. The van der Waals surface area contributed by atoms with E-state index in [-0.39, 0.29) is 71.7 Å². The van der Waals surface area contributed by atoms with Gasteiger partial charge in [-0.3, -0.25) is 9.59 Å². The van der Waals surface area contributed by atoms with E-state index in [0.29, 0.717) is 67.7 Å². The van der Waals surface area contributed by atoms with Crippen molar-refractivity contribution >= 4 is 17.3 Å². The largest absolute Gasteiger partial charge is 0.508 e. The second-order valence-corrected chi connectivity index (χ2v) is 30.5. The van der Waals surface area contributed by atoms with E-state index in [1.165, 1.54) is 29.5 Å². The van der Waals surface area contributed by atoms with E-state index in [1.54, 1.807) is 0 Å². The smallest absolute Gasteiger partial charge is 0.160 e. The molecule has 80 heavy (non-hydrogen) atoms. The number of aliphatic hydroxyl groups is 3. The maximum atomic E-state index is 16.3. The number of nitrogens with two attached hydrogens (primary N) is 1. The van der Waals surface area contributed by atoms with Gasteiger partial charge in [-0.05, 0) is 238 Å². The number of anilines is 1. The zero-order valence-electron chi connectivity index (χ0n) is 49.7. The third-order valence-corrected chi connectivity index (χ3v) is 26.0. The summed E-state index contributed by atoms with van der Waals surface area (Å²) in [6, 6.07) is 12.5. The number of hydrogen-bond donors (Lipinski definition) is 7. The van der Waals surface area contributed by atoms with Crippen LogP contribution in [0.1, 0.15) is 198 Å². The standard InChI is InChI=1S/C70H99N3O7/c1-39(2)27-40-28-44(32-47(71)30-40)49-15-11-16-51(49)68(6)64(80-68)61(77)50-21-19-43-14-10-13-42-18-20-46(37-74)70-34-54-62-67(5,56(70)23-22-52-60(59(50)57(42)43)55(76)35-66(52,70)4)53-17-12-26-69(62,25-9-8-24-65(3,79)38-73-54)63(78)58(53)45-29-41(36-72-7)31-48(75)33-45/h12,17,28-33,39,42-43,46,49-51,53-54,56-59,61-62,64,72-75,77,79H,8-11,13-16,18-27,34-38,71H2,1-7H3. The van der Waals surface area contributed by atoms with Gasteiger partial charge in [-0.25, -0.2) is 0 Å². The van der Waals surface area contributed by atoms with Gasteiger partial charge in [0.05, 0.1) is 23.2 Å². The van der Waals surface area contributed by atoms with Crippen LogP contribution in [0, 0.1) is 86.8 Å². The molecule has 0 aromatic heterocycles. The van der Waals surface area contributed by atoms with E-state index in [2.05, 4.69) is 81.7 Å². The van der Waals surface area contributed by atoms with Gasteiger partial charge < -0.3 is 41.5 Å². The molecule has 21 unspecified atom stereocenters. The first-order valence-corrected chi connectivity index (χ1v) is 32.5. The highest BCUT2D eigenvalue weighted by atomic mass is 16.6. The molecule has 10 nitrogen and oxygen atoms in total. The number of benzene rings is 2. The average molecular weight is 1090 g/mol. The monoisotopic (exact) mass is 1090 g/mol. The summed E-state index contributed by atoms with van der Waals surface area (Å²) in [6.07, 6.45) is 21.9. The summed E-state index contributed by atoms with van der Waals surface area (Å²) in [5, 5.41) is 56.9. The Morgan fingerprint density at radius 2 is 1.61 bits per heavy atom. The third kappa shape index (κ3) is 8.31. The van der Waals surface area contributed by atoms with Gasteiger partial charge in [0.2, 0.25) is 0 Å². The Bertz CT molecular complexity index is 2820. The number of Topliss-reactive ketones (excluding diaryl/α,β-unsaturated/α-hetero) is 2. The van der Waals surface area contributed by atoms with Crippen LogP contribution in [-0.2, 0) is 27.3 Å². The topological polar surface area (TPSA) is 178 Å². The molecule has 2 aliphatic heterocycles. The minimum atomic E-state index is -0.935. The van der Waals surface area contributed by atoms with Crippen molar-refractivity contribution in [3.8, 4) is 5.75 Å². The van der Waals surface area contributed by atoms with Gasteiger partial charge in [0.1, 0.15) is 17.6 Å². The van der Waals surface area contributed by atoms with Crippen LogP contribution in [0.2, 0.25) is 0 Å². The number of fused-ring (bicyclic) bond motifs is 3.